The molecule has 1 amide bonds. The number of nitrogens with zero attached hydrogens (tertiary/aromatic N) is 2. The van der Waals surface area contributed by atoms with Gasteiger partial charge in [-0.2, -0.15) is 4.31 Å². The lowest BCUT2D eigenvalue weighted by molar-refractivity contribution is 0.102. The molecule has 0 unspecified atom stereocenters. The van der Waals surface area contributed by atoms with E-state index in [1.54, 1.807) is 7.05 Å². The Morgan fingerprint density at radius 1 is 1.24 bits per heavy atom. The number of nitrogens with one attached hydrogen (secondary N) is 1. The second-order valence-electron chi connectivity index (χ2n) is 6.34. The molecule has 0 bridgehead atoms. The van der Waals surface area contributed by atoms with Gasteiger partial charge in [0.15, 0.2) is 5.13 Å². The van der Waals surface area contributed by atoms with Gasteiger partial charge in [0.2, 0.25) is 10.0 Å². The second kappa shape index (κ2) is 6.86. The predicted molar refractivity (Wildman–Crippen MR) is 98.6 cm³/mol. The molecule has 0 atom stereocenters. The minimum atomic E-state index is -3.55. The Bertz CT molecular complexity index is 865. The molecule has 1 N–H and O–H groups in total. The van der Waals surface area contributed by atoms with E-state index >= 15 is 0 Å². The van der Waals surface area contributed by atoms with E-state index < -0.39 is 10.0 Å². The number of amides is 1. The Morgan fingerprint density at radius 2 is 1.92 bits per heavy atom. The van der Waals surface area contributed by atoms with E-state index in [2.05, 4.69) is 10.3 Å². The van der Waals surface area contributed by atoms with Crippen molar-refractivity contribution in [1.29, 1.82) is 0 Å². The molecule has 0 fully saturated rings. The fourth-order valence-electron chi connectivity index (χ4n) is 2.64. The molecule has 6 nitrogen and oxygen atoms in total. The molecule has 0 saturated heterocycles. The van der Waals surface area contributed by atoms with Gasteiger partial charge in [-0.05, 0) is 57.4 Å². The Balaban J connectivity index is 1.74. The van der Waals surface area contributed by atoms with Crippen LogP contribution in [0, 0.1) is 0 Å². The fourth-order valence-corrected chi connectivity index (χ4v) is 5.05. The van der Waals surface area contributed by atoms with Crippen LogP contribution in [-0.4, -0.2) is 36.7 Å². The van der Waals surface area contributed by atoms with Gasteiger partial charge in [-0.3, -0.25) is 10.1 Å². The number of aryl methyl sites for hydroxylation is 2. The number of anilines is 1. The maximum Gasteiger partial charge on any atom is 0.257 e. The highest BCUT2D eigenvalue weighted by Gasteiger charge is 2.23. The van der Waals surface area contributed by atoms with Crippen molar-refractivity contribution in [1.82, 2.24) is 9.29 Å². The Morgan fingerprint density at radius 3 is 2.52 bits per heavy atom. The fraction of sp³-hybridized carbons (Fsp3) is 0.412. The zero-order valence-electron chi connectivity index (χ0n) is 14.4. The maximum atomic E-state index is 12.4. The molecule has 0 spiro atoms. The number of rotatable bonds is 5. The van der Waals surface area contributed by atoms with E-state index in [1.807, 2.05) is 13.8 Å². The van der Waals surface area contributed by atoms with Gasteiger partial charge in [-0.25, -0.2) is 13.4 Å². The third kappa shape index (κ3) is 3.61. The quantitative estimate of drug-likeness (QED) is 0.866. The van der Waals surface area contributed by atoms with Crippen molar-refractivity contribution in [3.05, 3.63) is 40.4 Å². The molecule has 2 aromatic rings. The second-order valence-corrected chi connectivity index (χ2v) is 9.42. The number of hydrogen-bond acceptors (Lipinski definition) is 5. The highest BCUT2D eigenvalue weighted by molar-refractivity contribution is 7.89. The van der Waals surface area contributed by atoms with Crippen molar-refractivity contribution >= 4 is 32.4 Å². The van der Waals surface area contributed by atoms with Crippen LogP contribution in [0.1, 0.15) is 41.2 Å². The third-order valence-electron chi connectivity index (χ3n) is 4.34. The predicted octanol–water partition coefficient (Wildman–Crippen LogP) is 2.91. The van der Waals surface area contributed by atoms with Crippen LogP contribution in [-0.2, 0) is 22.9 Å². The molecule has 1 aromatic heterocycles. The number of carbonyl (C=O) groups excluding carboxylic acids is 1. The normalized spacial score (nSPS) is 14.1. The Kier molecular flexibility index (Phi) is 4.95. The number of fused-ring (bicyclic) bond motifs is 1. The smallest absolute Gasteiger partial charge is 0.257 e. The van der Waals surface area contributed by atoms with Crippen LogP contribution in [0.5, 0.6) is 0 Å². The summed E-state index contributed by atoms with van der Waals surface area (Å²) >= 11 is 1.51. The van der Waals surface area contributed by atoms with Crippen LogP contribution in [0.2, 0.25) is 0 Å². The van der Waals surface area contributed by atoms with Crippen molar-refractivity contribution in [2.24, 2.45) is 0 Å². The number of aromatic nitrogens is 1. The maximum absolute atomic E-state index is 12.4. The first-order chi connectivity index (χ1) is 11.8. The van der Waals surface area contributed by atoms with Gasteiger partial charge in [-0.1, -0.05) is 0 Å². The van der Waals surface area contributed by atoms with Gasteiger partial charge in [-0.15, -0.1) is 11.3 Å². The SMILES string of the molecule is CC(C)N(C)S(=O)(=O)c1ccc(C(=O)Nc2nc3c(s2)CCC3)cc1. The van der Waals surface area contributed by atoms with E-state index in [-0.39, 0.29) is 16.8 Å². The standard InChI is InChI=1S/C17H21N3O3S2/c1-11(2)20(3)25(22,23)13-9-7-12(8-10-13)16(21)19-17-18-14-5-4-6-15(14)24-17/h7-11H,4-6H2,1-3H3,(H,18,19,21). The summed E-state index contributed by atoms with van der Waals surface area (Å²) in [4.78, 5) is 18.2. The van der Waals surface area contributed by atoms with Crippen LogP contribution in [0.15, 0.2) is 29.2 Å². The number of thiazole rings is 1. The number of carbonyl (C=O) groups is 1. The number of benzene rings is 1. The zero-order chi connectivity index (χ0) is 18.2. The summed E-state index contributed by atoms with van der Waals surface area (Å²) in [5, 5.41) is 3.40. The van der Waals surface area contributed by atoms with Crippen molar-refractivity contribution < 1.29 is 13.2 Å². The van der Waals surface area contributed by atoms with Crippen molar-refractivity contribution in [2.75, 3.05) is 12.4 Å². The molecular formula is C17H21N3O3S2. The lowest BCUT2D eigenvalue weighted by Gasteiger charge is -2.21. The first-order valence-electron chi connectivity index (χ1n) is 8.17. The minimum Gasteiger partial charge on any atom is -0.298 e. The largest absolute Gasteiger partial charge is 0.298 e. The van der Waals surface area contributed by atoms with E-state index in [9.17, 15) is 13.2 Å². The first-order valence-corrected chi connectivity index (χ1v) is 10.4. The summed E-state index contributed by atoms with van der Waals surface area (Å²) in [5.41, 5.74) is 1.49. The van der Waals surface area contributed by atoms with Crippen LogP contribution >= 0.6 is 11.3 Å². The molecular weight excluding hydrogens is 358 g/mol. The minimum absolute atomic E-state index is 0.139. The third-order valence-corrected chi connectivity index (χ3v) is 7.46. The van der Waals surface area contributed by atoms with Crippen LogP contribution in [0.4, 0.5) is 5.13 Å². The van der Waals surface area contributed by atoms with Crippen molar-refractivity contribution in [2.45, 2.75) is 44.0 Å². The van der Waals surface area contributed by atoms with Crippen molar-refractivity contribution in [3.63, 3.8) is 0 Å². The summed E-state index contributed by atoms with van der Waals surface area (Å²) in [6.45, 7) is 3.62. The lowest BCUT2D eigenvalue weighted by atomic mass is 10.2. The zero-order valence-corrected chi connectivity index (χ0v) is 16.1. The van der Waals surface area contributed by atoms with Crippen LogP contribution in [0.3, 0.4) is 0 Å². The summed E-state index contributed by atoms with van der Waals surface area (Å²) in [5.74, 6) is -0.284. The van der Waals surface area contributed by atoms with E-state index in [0.29, 0.717) is 10.7 Å². The molecule has 0 radical (unpaired) electrons. The molecule has 8 heteroatoms. The van der Waals surface area contributed by atoms with E-state index in [4.69, 9.17) is 0 Å². The lowest BCUT2D eigenvalue weighted by Crippen LogP contribution is -2.33. The van der Waals surface area contributed by atoms with E-state index in [0.717, 1.165) is 25.0 Å². The summed E-state index contributed by atoms with van der Waals surface area (Å²) in [7, 11) is -2.00. The number of sulfonamides is 1. The van der Waals surface area contributed by atoms with Gasteiger partial charge in [0.25, 0.3) is 5.91 Å². The molecule has 1 aliphatic rings. The molecule has 3 rings (SSSR count). The molecule has 134 valence electrons. The summed E-state index contributed by atoms with van der Waals surface area (Å²) in [6, 6.07) is 5.84. The van der Waals surface area contributed by atoms with Gasteiger partial charge < -0.3 is 0 Å². The monoisotopic (exact) mass is 379 g/mol. The highest BCUT2D eigenvalue weighted by atomic mass is 32.2. The molecule has 0 saturated carbocycles. The summed E-state index contributed by atoms with van der Waals surface area (Å²) in [6.07, 6.45) is 3.12. The van der Waals surface area contributed by atoms with Crippen LogP contribution in [0.25, 0.3) is 0 Å². The van der Waals surface area contributed by atoms with Crippen LogP contribution < -0.4 is 5.32 Å². The molecule has 1 heterocycles. The molecule has 25 heavy (non-hydrogen) atoms. The van der Waals surface area contributed by atoms with Crippen molar-refractivity contribution in [3.8, 4) is 0 Å². The Hall–Kier alpha value is -1.77. The van der Waals surface area contributed by atoms with Gasteiger partial charge in [0.05, 0.1) is 10.6 Å². The average Bonchev–Trinajstić information content (AvgIpc) is 3.15. The summed E-state index contributed by atoms with van der Waals surface area (Å²) < 4.78 is 26.2. The first kappa shape index (κ1) is 18.0. The molecule has 0 aliphatic heterocycles. The average molecular weight is 380 g/mol. The van der Waals surface area contributed by atoms with Gasteiger partial charge in [0, 0.05) is 23.5 Å². The highest BCUT2D eigenvalue weighted by Crippen LogP contribution is 2.30. The topological polar surface area (TPSA) is 79.4 Å². The van der Waals surface area contributed by atoms with Gasteiger partial charge >= 0.3 is 0 Å². The molecule has 1 aliphatic carbocycles. The number of hydrogen-bond donors (Lipinski definition) is 1. The Labute approximate surface area is 151 Å². The molecule has 1 aromatic carbocycles. The van der Waals surface area contributed by atoms with E-state index in [1.165, 1.54) is 44.8 Å². The van der Waals surface area contributed by atoms with Gasteiger partial charge in [0.1, 0.15) is 0 Å².